The summed E-state index contributed by atoms with van der Waals surface area (Å²) in [5.41, 5.74) is 4.92. The van der Waals surface area contributed by atoms with Crippen LogP contribution >= 0.6 is 11.6 Å². The number of rotatable bonds is 5. The van der Waals surface area contributed by atoms with Crippen molar-refractivity contribution in [3.8, 4) is 5.75 Å². The molecule has 0 saturated carbocycles. The van der Waals surface area contributed by atoms with E-state index in [4.69, 9.17) is 16.3 Å². The van der Waals surface area contributed by atoms with E-state index in [1.165, 1.54) is 0 Å². The van der Waals surface area contributed by atoms with Gasteiger partial charge >= 0.3 is 0 Å². The quantitative estimate of drug-likeness (QED) is 0.681. The van der Waals surface area contributed by atoms with Crippen molar-refractivity contribution in [2.24, 2.45) is 5.10 Å². The van der Waals surface area contributed by atoms with Crippen LogP contribution < -0.4 is 10.2 Å². The number of nitrogens with one attached hydrogen (secondary N) is 1. The Morgan fingerprint density at radius 1 is 1.32 bits per heavy atom. The fraction of sp³-hybridized carbons (Fsp3) is 0.188. The van der Waals surface area contributed by atoms with Crippen LogP contribution in [0.1, 0.15) is 18.1 Å². The number of amides is 1. The van der Waals surface area contributed by atoms with Crippen LogP contribution in [0.2, 0.25) is 5.02 Å². The molecule has 0 aliphatic carbocycles. The number of aromatic nitrogens is 1. The first kappa shape index (κ1) is 16.0. The molecule has 1 amide bonds. The van der Waals surface area contributed by atoms with Gasteiger partial charge in [-0.3, -0.25) is 9.78 Å². The molecule has 2 rings (SSSR count). The van der Waals surface area contributed by atoms with Crippen LogP contribution in [0.3, 0.4) is 0 Å². The number of carbonyl (C=O) groups excluding carboxylic acids is 1. The third-order valence-corrected chi connectivity index (χ3v) is 3.18. The lowest BCUT2D eigenvalue weighted by Crippen LogP contribution is -2.25. The van der Waals surface area contributed by atoms with Gasteiger partial charge in [0.05, 0.1) is 5.71 Å². The van der Waals surface area contributed by atoms with Crippen molar-refractivity contribution < 1.29 is 9.53 Å². The summed E-state index contributed by atoms with van der Waals surface area (Å²) < 4.78 is 5.44. The summed E-state index contributed by atoms with van der Waals surface area (Å²) in [5.74, 6) is 0.289. The summed E-state index contributed by atoms with van der Waals surface area (Å²) in [7, 11) is 0. The number of hydrogen-bond donors (Lipinski definition) is 1. The van der Waals surface area contributed by atoms with E-state index in [0.717, 1.165) is 11.1 Å². The minimum atomic E-state index is -0.331. The highest BCUT2D eigenvalue weighted by molar-refractivity contribution is 6.30. The minimum absolute atomic E-state index is 0.115. The van der Waals surface area contributed by atoms with Crippen molar-refractivity contribution in [1.29, 1.82) is 0 Å². The van der Waals surface area contributed by atoms with Gasteiger partial charge in [0.15, 0.2) is 6.61 Å². The van der Waals surface area contributed by atoms with Gasteiger partial charge in [-0.25, -0.2) is 5.43 Å². The fourth-order valence-corrected chi connectivity index (χ4v) is 1.98. The summed E-state index contributed by atoms with van der Waals surface area (Å²) in [6.07, 6.45) is 3.34. The summed E-state index contributed by atoms with van der Waals surface area (Å²) in [5, 5.41) is 4.66. The molecule has 0 radical (unpaired) electrons. The molecule has 0 unspecified atom stereocenters. The van der Waals surface area contributed by atoms with Crippen LogP contribution in [-0.2, 0) is 4.79 Å². The lowest BCUT2D eigenvalue weighted by atomic mass is 10.2. The number of benzene rings is 1. The van der Waals surface area contributed by atoms with Crippen molar-refractivity contribution >= 4 is 23.2 Å². The average molecular weight is 318 g/mol. The van der Waals surface area contributed by atoms with E-state index in [9.17, 15) is 4.79 Å². The normalized spacial score (nSPS) is 11.1. The zero-order chi connectivity index (χ0) is 15.9. The third-order valence-electron chi connectivity index (χ3n) is 2.94. The molecule has 2 aromatic rings. The fourth-order valence-electron chi connectivity index (χ4n) is 1.75. The predicted octanol–water partition coefficient (Wildman–Crippen LogP) is 2.96. The van der Waals surface area contributed by atoms with E-state index in [2.05, 4.69) is 15.5 Å². The molecule has 0 fully saturated rings. The molecule has 0 aliphatic rings. The summed E-state index contributed by atoms with van der Waals surface area (Å²) in [6, 6.07) is 8.86. The number of hydrogen-bond acceptors (Lipinski definition) is 4. The average Bonchev–Trinajstić information content (AvgIpc) is 2.52. The van der Waals surface area contributed by atoms with Crippen molar-refractivity contribution in [2.75, 3.05) is 6.61 Å². The second kappa shape index (κ2) is 7.56. The van der Waals surface area contributed by atoms with Crippen molar-refractivity contribution in [3.05, 3.63) is 58.9 Å². The molecule has 0 aliphatic heterocycles. The van der Waals surface area contributed by atoms with Gasteiger partial charge in [-0.2, -0.15) is 5.10 Å². The molecule has 0 bridgehead atoms. The lowest BCUT2D eigenvalue weighted by Gasteiger charge is -2.08. The molecule has 22 heavy (non-hydrogen) atoms. The Morgan fingerprint density at radius 3 is 2.73 bits per heavy atom. The monoisotopic (exact) mass is 317 g/mol. The second-order valence-electron chi connectivity index (χ2n) is 4.67. The molecular formula is C16H16ClN3O2. The smallest absolute Gasteiger partial charge is 0.277 e. The van der Waals surface area contributed by atoms with Crippen LogP contribution in [0.4, 0.5) is 0 Å². The summed E-state index contributed by atoms with van der Waals surface area (Å²) in [6.45, 7) is 3.56. The van der Waals surface area contributed by atoms with E-state index in [0.29, 0.717) is 16.5 Å². The molecule has 0 spiro atoms. The first-order chi connectivity index (χ1) is 10.6. The van der Waals surface area contributed by atoms with Gasteiger partial charge in [-0.05, 0) is 49.7 Å². The number of nitrogens with zero attached hydrogens (tertiary/aromatic N) is 2. The van der Waals surface area contributed by atoms with Crippen LogP contribution in [0.15, 0.2) is 47.8 Å². The van der Waals surface area contributed by atoms with Gasteiger partial charge in [0.25, 0.3) is 5.91 Å². The molecule has 1 heterocycles. The molecule has 5 nitrogen and oxygen atoms in total. The van der Waals surface area contributed by atoms with Crippen molar-refractivity contribution in [3.63, 3.8) is 0 Å². The number of aryl methyl sites for hydroxylation is 1. The molecule has 1 aromatic heterocycles. The van der Waals surface area contributed by atoms with Crippen LogP contribution in [-0.4, -0.2) is 23.2 Å². The highest BCUT2D eigenvalue weighted by Gasteiger charge is 2.05. The van der Waals surface area contributed by atoms with Gasteiger partial charge in [0, 0.05) is 23.0 Å². The van der Waals surface area contributed by atoms with E-state index in [1.807, 2.05) is 19.1 Å². The predicted molar refractivity (Wildman–Crippen MR) is 86.3 cm³/mol. The van der Waals surface area contributed by atoms with Gasteiger partial charge in [-0.1, -0.05) is 11.6 Å². The number of ether oxygens (including phenoxy) is 1. The second-order valence-corrected chi connectivity index (χ2v) is 5.10. The largest absolute Gasteiger partial charge is 0.483 e. The molecule has 114 valence electrons. The zero-order valence-corrected chi connectivity index (χ0v) is 13.1. The van der Waals surface area contributed by atoms with E-state index < -0.39 is 0 Å². The number of halogens is 1. The third kappa shape index (κ3) is 4.56. The maximum atomic E-state index is 11.7. The van der Waals surface area contributed by atoms with Crippen LogP contribution in [0.25, 0.3) is 0 Å². The van der Waals surface area contributed by atoms with Crippen molar-refractivity contribution in [2.45, 2.75) is 13.8 Å². The molecule has 0 saturated heterocycles. The topological polar surface area (TPSA) is 63.6 Å². The van der Waals surface area contributed by atoms with Gasteiger partial charge in [0.2, 0.25) is 0 Å². The number of carbonyl (C=O) groups is 1. The Balaban J connectivity index is 1.88. The number of hydrazone groups is 1. The SMILES string of the molecule is CC(=NNC(=O)COc1ccc(Cl)cc1C)c1ccncc1. The molecule has 1 aromatic carbocycles. The van der Waals surface area contributed by atoms with Crippen molar-refractivity contribution in [1.82, 2.24) is 10.4 Å². The van der Waals surface area contributed by atoms with Gasteiger partial charge < -0.3 is 4.74 Å². The summed E-state index contributed by atoms with van der Waals surface area (Å²) in [4.78, 5) is 15.7. The Bertz CT molecular complexity index is 687. The molecular weight excluding hydrogens is 302 g/mol. The van der Waals surface area contributed by atoms with Crippen LogP contribution in [0, 0.1) is 6.92 Å². The zero-order valence-electron chi connectivity index (χ0n) is 12.3. The van der Waals surface area contributed by atoms with E-state index in [1.54, 1.807) is 37.5 Å². The summed E-state index contributed by atoms with van der Waals surface area (Å²) >= 11 is 5.87. The first-order valence-corrected chi connectivity index (χ1v) is 7.06. The Kier molecular flexibility index (Phi) is 5.49. The van der Waals surface area contributed by atoms with E-state index in [-0.39, 0.29) is 12.5 Å². The Hall–Kier alpha value is -2.40. The molecule has 1 N–H and O–H groups in total. The Labute approximate surface area is 134 Å². The Morgan fingerprint density at radius 2 is 2.05 bits per heavy atom. The van der Waals surface area contributed by atoms with Gasteiger partial charge in [0.1, 0.15) is 5.75 Å². The van der Waals surface area contributed by atoms with Gasteiger partial charge in [-0.15, -0.1) is 0 Å². The standard InChI is InChI=1S/C16H16ClN3O2/c1-11-9-14(17)3-4-15(11)22-10-16(21)20-19-12(2)13-5-7-18-8-6-13/h3-9H,10H2,1-2H3,(H,20,21). The maximum absolute atomic E-state index is 11.7. The first-order valence-electron chi connectivity index (χ1n) is 6.69. The highest BCUT2D eigenvalue weighted by atomic mass is 35.5. The minimum Gasteiger partial charge on any atom is -0.483 e. The van der Waals surface area contributed by atoms with Crippen LogP contribution in [0.5, 0.6) is 5.75 Å². The molecule has 0 atom stereocenters. The highest BCUT2D eigenvalue weighted by Crippen LogP contribution is 2.21. The lowest BCUT2D eigenvalue weighted by molar-refractivity contribution is -0.123. The molecule has 6 heteroatoms. The number of pyridine rings is 1. The maximum Gasteiger partial charge on any atom is 0.277 e. The van der Waals surface area contributed by atoms with E-state index >= 15 is 0 Å².